The minimum atomic E-state index is -0.0601. The molecule has 102 valence electrons. The third-order valence-corrected chi connectivity index (χ3v) is 3.80. The van der Waals surface area contributed by atoms with Gasteiger partial charge in [0.05, 0.1) is 6.61 Å². The first kappa shape index (κ1) is 15.0. The van der Waals surface area contributed by atoms with E-state index in [4.69, 9.17) is 11.3 Å². The Morgan fingerprint density at radius 3 is 2.56 bits per heavy atom. The van der Waals surface area contributed by atoms with Gasteiger partial charge in [-0.2, -0.15) is 0 Å². The van der Waals surface area contributed by atoms with Gasteiger partial charge in [-0.3, -0.25) is 4.79 Å². The summed E-state index contributed by atoms with van der Waals surface area (Å²) < 4.78 is 4.90. The maximum Gasteiger partial charge on any atom is 0.305 e. The molecule has 3 heteroatoms. The van der Waals surface area contributed by atoms with Crippen molar-refractivity contribution in [3.63, 3.8) is 0 Å². The van der Waals surface area contributed by atoms with Crippen molar-refractivity contribution in [2.45, 2.75) is 70.8 Å². The molecule has 0 heterocycles. The summed E-state index contributed by atoms with van der Waals surface area (Å²) in [6, 6.07) is 0.296. The van der Waals surface area contributed by atoms with Gasteiger partial charge in [0.1, 0.15) is 0 Å². The van der Waals surface area contributed by atoms with E-state index in [9.17, 15) is 4.79 Å². The van der Waals surface area contributed by atoms with Gasteiger partial charge in [-0.1, -0.05) is 19.3 Å². The highest BCUT2D eigenvalue weighted by Crippen LogP contribution is 2.29. The molecule has 0 N–H and O–H groups in total. The van der Waals surface area contributed by atoms with Crippen LogP contribution in [0.4, 0.5) is 0 Å². The third-order valence-electron chi connectivity index (χ3n) is 3.80. The quantitative estimate of drug-likeness (QED) is 0.389. The molecule has 0 spiro atoms. The first-order valence-electron chi connectivity index (χ1n) is 7.28. The number of carbonyl (C=O) groups excluding carboxylic acids is 1. The lowest BCUT2D eigenvalue weighted by molar-refractivity contribution is -0.143. The molecule has 1 aliphatic rings. The van der Waals surface area contributed by atoms with Crippen LogP contribution in [0, 0.1) is 12.5 Å². The lowest BCUT2D eigenvalue weighted by atomic mass is 9.83. The fourth-order valence-corrected chi connectivity index (χ4v) is 2.67. The van der Waals surface area contributed by atoms with Crippen LogP contribution in [0.5, 0.6) is 0 Å². The normalized spacial score (nSPS) is 23.3. The molecule has 1 saturated carbocycles. The van der Waals surface area contributed by atoms with E-state index in [1.54, 1.807) is 0 Å². The molecular weight excluding hydrogens is 226 g/mol. The number of esters is 1. The summed E-state index contributed by atoms with van der Waals surface area (Å²) in [6.45, 7) is 9.35. The first-order chi connectivity index (χ1) is 8.76. The molecule has 18 heavy (non-hydrogen) atoms. The Morgan fingerprint density at radius 2 is 1.94 bits per heavy atom. The molecule has 0 aromatic heterocycles. The van der Waals surface area contributed by atoms with E-state index in [-0.39, 0.29) is 5.97 Å². The van der Waals surface area contributed by atoms with Crippen LogP contribution in [0.15, 0.2) is 0 Å². The Kier molecular flexibility index (Phi) is 7.48. The van der Waals surface area contributed by atoms with E-state index in [0.29, 0.717) is 19.1 Å². The lowest BCUT2D eigenvalue weighted by Crippen LogP contribution is -2.15. The highest BCUT2D eigenvalue weighted by atomic mass is 16.5. The van der Waals surface area contributed by atoms with Gasteiger partial charge in [-0.15, -0.1) is 0 Å². The van der Waals surface area contributed by atoms with Crippen molar-refractivity contribution in [1.29, 1.82) is 0 Å². The molecule has 1 fully saturated rings. The number of ether oxygens (including phenoxy) is 1. The Labute approximate surface area is 111 Å². The van der Waals surface area contributed by atoms with Gasteiger partial charge in [0.25, 0.3) is 0 Å². The Hall–Kier alpha value is -1.04. The number of nitrogens with zero attached hydrogens (tertiary/aromatic N) is 1. The zero-order chi connectivity index (χ0) is 13.2. The molecule has 0 bridgehead atoms. The molecule has 0 radical (unpaired) electrons. The van der Waals surface area contributed by atoms with Crippen molar-refractivity contribution in [2.75, 3.05) is 6.61 Å². The fraction of sp³-hybridized carbons (Fsp3) is 0.867. The van der Waals surface area contributed by atoms with Crippen LogP contribution in [0.1, 0.15) is 64.7 Å². The second-order valence-corrected chi connectivity index (χ2v) is 5.21. The van der Waals surface area contributed by atoms with Crippen molar-refractivity contribution in [3.05, 3.63) is 11.4 Å². The average Bonchev–Trinajstić information content (AvgIpc) is 2.39. The lowest BCUT2D eigenvalue weighted by Gasteiger charge is -2.22. The summed E-state index contributed by atoms with van der Waals surface area (Å²) >= 11 is 0. The minimum Gasteiger partial charge on any atom is -0.466 e. The predicted molar refractivity (Wildman–Crippen MR) is 72.1 cm³/mol. The molecule has 0 aromatic rings. The SMILES string of the molecule is [C-]#[N+]C1CCC(CCCCCC(=O)OCC)CC1. The largest absolute Gasteiger partial charge is 0.466 e. The van der Waals surface area contributed by atoms with Crippen molar-refractivity contribution in [3.8, 4) is 0 Å². The Balaban J connectivity index is 1.96. The topological polar surface area (TPSA) is 30.7 Å². The number of hydrogen-bond donors (Lipinski definition) is 0. The maximum absolute atomic E-state index is 11.1. The fourth-order valence-electron chi connectivity index (χ4n) is 2.67. The highest BCUT2D eigenvalue weighted by Gasteiger charge is 2.23. The molecule has 0 unspecified atom stereocenters. The molecule has 0 atom stereocenters. The van der Waals surface area contributed by atoms with Gasteiger partial charge in [0, 0.05) is 19.3 Å². The van der Waals surface area contributed by atoms with E-state index >= 15 is 0 Å². The van der Waals surface area contributed by atoms with Crippen LogP contribution in [-0.2, 0) is 9.53 Å². The zero-order valence-electron chi connectivity index (χ0n) is 11.5. The van der Waals surface area contributed by atoms with Gasteiger partial charge in [-0.25, -0.2) is 6.57 Å². The summed E-state index contributed by atoms with van der Waals surface area (Å²) in [5.74, 6) is 0.764. The monoisotopic (exact) mass is 251 g/mol. The maximum atomic E-state index is 11.1. The zero-order valence-corrected chi connectivity index (χ0v) is 11.5. The van der Waals surface area contributed by atoms with Gasteiger partial charge >= 0.3 is 5.97 Å². The molecule has 0 saturated heterocycles. The number of hydrogen-bond acceptors (Lipinski definition) is 2. The van der Waals surface area contributed by atoms with Gasteiger partial charge in [-0.05, 0) is 32.1 Å². The molecule has 0 aliphatic heterocycles. The molecule has 0 aromatic carbocycles. The van der Waals surface area contributed by atoms with Crippen LogP contribution in [0.3, 0.4) is 0 Å². The number of unbranched alkanes of at least 4 members (excludes halogenated alkanes) is 2. The minimum absolute atomic E-state index is 0.0601. The van der Waals surface area contributed by atoms with Gasteiger partial charge in [0.15, 0.2) is 0 Å². The number of carbonyl (C=O) groups is 1. The Bertz CT molecular complexity index is 275. The van der Waals surface area contributed by atoms with Crippen molar-refractivity contribution in [1.82, 2.24) is 0 Å². The summed E-state index contributed by atoms with van der Waals surface area (Å²) in [4.78, 5) is 14.8. The smallest absolute Gasteiger partial charge is 0.305 e. The summed E-state index contributed by atoms with van der Waals surface area (Å²) in [6.07, 6.45) is 9.78. The second-order valence-electron chi connectivity index (χ2n) is 5.21. The first-order valence-corrected chi connectivity index (χ1v) is 7.28. The molecule has 1 aliphatic carbocycles. The molecule has 0 amide bonds. The van der Waals surface area contributed by atoms with Crippen molar-refractivity contribution < 1.29 is 9.53 Å². The van der Waals surface area contributed by atoms with Crippen LogP contribution >= 0.6 is 0 Å². The predicted octanol–water partition coefficient (Wildman–Crippen LogP) is 3.98. The third kappa shape index (κ3) is 6.05. The van der Waals surface area contributed by atoms with Crippen LogP contribution < -0.4 is 0 Å². The van der Waals surface area contributed by atoms with Crippen LogP contribution in [0.2, 0.25) is 0 Å². The second kappa shape index (κ2) is 8.97. The van der Waals surface area contributed by atoms with Crippen molar-refractivity contribution in [2.24, 2.45) is 5.92 Å². The number of rotatable bonds is 7. The van der Waals surface area contributed by atoms with Crippen LogP contribution in [0.25, 0.3) is 4.85 Å². The van der Waals surface area contributed by atoms with E-state index in [1.165, 1.54) is 25.7 Å². The van der Waals surface area contributed by atoms with E-state index in [1.807, 2.05) is 6.92 Å². The van der Waals surface area contributed by atoms with Crippen molar-refractivity contribution >= 4 is 5.97 Å². The summed E-state index contributed by atoms with van der Waals surface area (Å²) in [7, 11) is 0. The summed E-state index contributed by atoms with van der Waals surface area (Å²) in [5.41, 5.74) is 0. The average molecular weight is 251 g/mol. The van der Waals surface area contributed by atoms with Gasteiger partial charge < -0.3 is 9.58 Å². The molecular formula is C15H25NO2. The summed E-state index contributed by atoms with van der Waals surface area (Å²) in [5, 5.41) is 0. The Morgan fingerprint density at radius 1 is 1.22 bits per heavy atom. The van der Waals surface area contributed by atoms with E-state index in [2.05, 4.69) is 4.85 Å². The standard InChI is InChI=1S/C15H25NO2/c1-3-18-15(17)8-6-4-5-7-13-9-11-14(16-2)12-10-13/h13-14H,3-12H2,1H3. The van der Waals surface area contributed by atoms with E-state index in [0.717, 1.165) is 31.6 Å². The van der Waals surface area contributed by atoms with E-state index < -0.39 is 0 Å². The molecule has 3 nitrogen and oxygen atoms in total. The van der Waals surface area contributed by atoms with Crippen LogP contribution in [-0.4, -0.2) is 18.6 Å². The molecule has 1 rings (SSSR count). The van der Waals surface area contributed by atoms with Gasteiger partial charge in [0.2, 0.25) is 6.04 Å². The highest BCUT2D eigenvalue weighted by molar-refractivity contribution is 5.69.